The van der Waals surface area contributed by atoms with E-state index in [1.165, 1.54) is 0 Å². The third-order valence-corrected chi connectivity index (χ3v) is 5.41. The number of carbonyl (C=O) groups excluding carboxylic acids is 2. The minimum atomic E-state index is -0.0160. The standard InChI is InChI=1S/C17H26N2O2S.ClH/c1-12-10-14(13(2)22-12)15(20)4-5-16(21)19-11-17(3)6-8-18-9-7-17;/h10,18H,4-9,11H2,1-3H3,(H,19,21);1H. The smallest absolute Gasteiger partial charge is 0.220 e. The van der Waals surface area contributed by atoms with Gasteiger partial charge < -0.3 is 10.6 Å². The van der Waals surface area contributed by atoms with Crippen molar-refractivity contribution in [1.82, 2.24) is 10.6 Å². The second-order valence-corrected chi connectivity index (χ2v) is 8.05. The molecule has 0 spiro atoms. The second kappa shape index (κ2) is 8.81. The molecule has 130 valence electrons. The number of carbonyl (C=O) groups is 2. The molecule has 2 rings (SSSR count). The van der Waals surface area contributed by atoms with E-state index in [0.29, 0.717) is 13.0 Å². The highest BCUT2D eigenvalue weighted by molar-refractivity contribution is 7.12. The predicted molar refractivity (Wildman–Crippen MR) is 97.8 cm³/mol. The van der Waals surface area contributed by atoms with Crippen molar-refractivity contribution in [1.29, 1.82) is 0 Å². The van der Waals surface area contributed by atoms with Crippen molar-refractivity contribution in [2.45, 2.75) is 46.5 Å². The molecule has 0 aliphatic carbocycles. The van der Waals surface area contributed by atoms with Crippen LogP contribution in [-0.2, 0) is 4.79 Å². The minimum absolute atomic E-state index is 0. The molecular formula is C17H27ClN2O2S. The molecule has 1 saturated heterocycles. The Hall–Kier alpha value is -0.910. The average molecular weight is 359 g/mol. The maximum atomic E-state index is 12.2. The number of hydrogen-bond donors (Lipinski definition) is 2. The molecule has 6 heteroatoms. The summed E-state index contributed by atoms with van der Waals surface area (Å²) in [5, 5.41) is 6.34. The van der Waals surface area contributed by atoms with Crippen LogP contribution in [0.4, 0.5) is 0 Å². The van der Waals surface area contributed by atoms with Gasteiger partial charge in [-0.15, -0.1) is 23.7 Å². The molecule has 0 unspecified atom stereocenters. The van der Waals surface area contributed by atoms with E-state index in [1.54, 1.807) is 11.3 Å². The fourth-order valence-electron chi connectivity index (χ4n) is 2.88. The van der Waals surface area contributed by atoms with Gasteiger partial charge in [0.05, 0.1) is 0 Å². The molecule has 2 N–H and O–H groups in total. The number of ketones is 1. The Morgan fingerprint density at radius 1 is 1.26 bits per heavy atom. The Labute approximate surface area is 148 Å². The molecule has 1 aromatic rings. The topological polar surface area (TPSA) is 58.2 Å². The molecule has 0 bridgehead atoms. The van der Waals surface area contributed by atoms with E-state index in [-0.39, 0.29) is 35.9 Å². The monoisotopic (exact) mass is 358 g/mol. The van der Waals surface area contributed by atoms with Gasteiger partial charge in [0, 0.05) is 34.7 Å². The zero-order valence-electron chi connectivity index (χ0n) is 14.2. The maximum absolute atomic E-state index is 12.2. The summed E-state index contributed by atoms with van der Waals surface area (Å²) in [6, 6.07) is 1.93. The highest BCUT2D eigenvalue weighted by Crippen LogP contribution is 2.26. The van der Waals surface area contributed by atoms with Crippen LogP contribution in [0.1, 0.15) is 52.7 Å². The summed E-state index contributed by atoms with van der Waals surface area (Å²) in [6.45, 7) is 8.92. The third-order valence-electron chi connectivity index (χ3n) is 4.44. The Morgan fingerprint density at radius 3 is 2.48 bits per heavy atom. The van der Waals surface area contributed by atoms with Crippen LogP contribution in [0.3, 0.4) is 0 Å². The van der Waals surface area contributed by atoms with Crippen LogP contribution in [0, 0.1) is 19.3 Å². The van der Waals surface area contributed by atoms with E-state index in [9.17, 15) is 9.59 Å². The molecule has 0 radical (unpaired) electrons. The first-order chi connectivity index (χ1) is 10.4. The summed E-state index contributed by atoms with van der Waals surface area (Å²) >= 11 is 1.63. The summed E-state index contributed by atoms with van der Waals surface area (Å²) in [5.74, 6) is 0.0581. The van der Waals surface area contributed by atoms with Gasteiger partial charge >= 0.3 is 0 Å². The van der Waals surface area contributed by atoms with Crippen molar-refractivity contribution in [3.05, 3.63) is 21.4 Å². The summed E-state index contributed by atoms with van der Waals surface area (Å²) in [4.78, 5) is 26.3. The second-order valence-electron chi connectivity index (χ2n) is 6.59. The van der Waals surface area contributed by atoms with E-state index < -0.39 is 0 Å². The van der Waals surface area contributed by atoms with Gasteiger partial charge in [0.2, 0.25) is 5.91 Å². The first-order valence-electron chi connectivity index (χ1n) is 7.97. The number of rotatable bonds is 6. The highest BCUT2D eigenvalue weighted by Gasteiger charge is 2.27. The van der Waals surface area contributed by atoms with E-state index in [2.05, 4.69) is 17.6 Å². The molecule has 2 heterocycles. The zero-order valence-corrected chi connectivity index (χ0v) is 15.8. The Balaban J connectivity index is 0.00000264. The molecule has 1 amide bonds. The van der Waals surface area contributed by atoms with E-state index in [1.807, 2.05) is 19.9 Å². The number of piperidine rings is 1. The summed E-state index contributed by atoms with van der Waals surface area (Å²) in [6.07, 6.45) is 2.74. The van der Waals surface area contributed by atoms with Gasteiger partial charge in [-0.3, -0.25) is 9.59 Å². The lowest BCUT2D eigenvalue weighted by atomic mass is 9.81. The SMILES string of the molecule is Cc1cc(C(=O)CCC(=O)NCC2(C)CCNCC2)c(C)s1.Cl. The lowest BCUT2D eigenvalue weighted by Crippen LogP contribution is -2.42. The number of nitrogens with one attached hydrogen (secondary N) is 2. The molecule has 1 aromatic heterocycles. The summed E-state index contributed by atoms with van der Waals surface area (Å²) < 4.78 is 0. The van der Waals surface area contributed by atoms with Crippen LogP contribution in [0.25, 0.3) is 0 Å². The first-order valence-corrected chi connectivity index (χ1v) is 8.79. The molecule has 0 atom stereocenters. The van der Waals surface area contributed by atoms with Crippen molar-refractivity contribution >= 4 is 35.4 Å². The van der Waals surface area contributed by atoms with Gasteiger partial charge in [-0.05, 0) is 51.3 Å². The van der Waals surface area contributed by atoms with Crippen LogP contribution in [0.15, 0.2) is 6.07 Å². The number of Topliss-reactive ketones (excluding diaryl/α,β-unsaturated/α-hetero) is 1. The van der Waals surface area contributed by atoms with Crippen LogP contribution >= 0.6 is 23.7 Å². The van der Waals surface area contributed by atoms with E-state index >= 15 is 0 Å². The minimum Gasteiger partial charge on any atom is -0.356 e. The van der Waals surface area contributed by atoms with Crippen molar-refractivity contribution < 1.29 is 9.59 Å². The Bertz CT molecular complexity index is 551. The van der Waals surface area contributed by atoms with Crippen molar-refractivity contribution in [2.75, 3.05) is 19.6 Å². The molecule has 23 heavy (non-hydrogen) atoms. The molecule has 1 fully saturated rings. The van der Waals surface area contributed by atoms with Gasteiger partial charge in [0.15, 0.2) is 5.78 Å². The lowest BCUT2D eigenvalue weighted by molar-refractivity contribution is -0.121. The van der Waals surface area contributed by atoms with Crippen LogP contribution < -0.4 is 10.6 Å². The van der Waals surface area contributed by atoms with Gasteiger partial charge in [0.1, 0.15) is 0 Å². The molecule has 1 aliphatic heterocycles. The van der Waals surface area contributed by atoms with Crippen LogP contribution in [-0.4, -0.2) is 31.3 Å². The number of halogens is 1. The highest BCUT2D eigenvalue weighted by atomic mass is 35.5. The van der Waals surface area contributed by atoms with E-state index in [0.717, 1.165) is 41.2 Å². The summed E-state index contributed by atoms with van der Waals surface area (Å²) in [7, 11) is 0. The predicted octanol–water partition coefficient (Wildman–Crippen LogP) is 3.26. The van der Waals surface area contributed by atoms with Gasteiger partial charge in [-0.2, -0.15) is 0 Å². The molecule has 0 aromatic carbocycles. The van der Waals surface area contributed by atoms with Gasteiger partial charge in [-0.1, -0.05) is 6.92 Å². The number of aryl methyl sites for hydroxylation is 2. The molecular weight excluding hydrogens is 332 g/mol. The number of amides is 1. The molecule has 0 saturated carbocycles. The van der Waals surface area contributed by atoms with Gasteiger partial charge in [0.25, 0.3) is 0 Å². The molecule has 1 aliphatic rings. The number of hydrogen-bond acceptors (Lipinski definition) is 4. The largest absolute Gasteiger partial charge is 0.356 e. The van der Waals surface area contributed by atoms with Crippen molar-refractivity contribution in [3.63, 3.8) is 0 Å². The van der Waals surface area contributed by atoms with Gasteiger partial charge in [-0.25, -0.2) is 0 Å². The Morgan fingerprint density at radius 2 is 1.91 bits per heavy atom. The first kappa shape index (κ1) is 20.1. The maximum Gasteiger partial charge on any atom is 0.220 e. The zero-order chi connectivity index (χ0) is 16.2. The van der Waals surface area contributed by atoms with Crippen molar-refractivity contribution in [2.24, 2.45) is 5.41 Å². The molecule has 4 nitrogen and oxygen atoms in total. The quantitative estimate of drug-likeness (QED) is 0.767. The Kier molecular flexibility index (Phi) is 7.71. The van der Waals surface area contributed by atoms with Crippen LogP contribution in [0.2, 0.25) is 0 Å². The average Bonchev–Trinajstić information content (AvgIpc) is 2.82. The normalized spacial score (nSPS) is 16.5. The summed E-state index contributed by atoms with van der Waals surface area (Å²) in [5.41, 5.74) is 0.965. The van der Waals surface area contributed by atoms with Crippen LogP contribution in [0.5, 0.6) is 0 Å². The van der Waals surface area contributed by atoms with E-state index in [4.69, 9.17) is 0 Å². The van der Waals surface area contributed by atoms with Crippen molar-refractivity contribution in [3.8, 4) is 0 Å². The lowest BCUT2D eigenvalue weighted by Gasteiger charge is -2.34. The third kappa shape index (κ3) is 5.90. The number of thiophene rings is 1. The fourth-order valence-corrected chi connectivity index (χ4v) is 3.82. The fraction of sp³-hybridized carbons (Fsp3) is 0.647.